The van der Waals surface area contributed by atoms with Gasteiger partial charge in [-0.15, -0.1) is 0 Å². The fraction of sp³-hybridized carbons (Fsp3) is 0.370. The van der Waals surface area contributed by atoms with Crippen LogP contribution in [0.2, 0.25) is 10.0 Å². The van der Waals surface area contributed by atoms with Crippen LogP contribution in [0, 0.1) is 6.92 Å². The lowest BCUT2D eigenvalue weighted by Gasteiger charge is -2.30. The van der Waals surface area contributed by atoms with Gasteiger partial charge in [0.25, 0.3) is 5.91 Å². The van der Waals surface area contributed by atoms with E-state index in [0.717, 1.165) is 52.7 Å². The predicted molar refractivity (Wildman–Crippen MR) is 149 cm³/mol. The molecule has 2 N–H and O–H groups in total. The van der Waals surface area contributed by atoms with Crippen LogP contribution < -0.4 is 10.2 Å². The Morgan fingerprint density at radius 3 is 2.50 bits per heavy atom. The summed E-state index contributed by atoms with van der Waals surface area (Å²) in [6.45, 7) is 3.98. The Hall–Kier alpha value is -2.35. The molecule has 3 aromatic rings. The van der Waals surface area contributed by atoms with Crippen LogP contribution in [0.5, 0.6) is 0 Å². The highest BCUT2D eigenvalue weighted by atomic mass is 79.9. The van der Waals surface area contributed by atoms with E-state index in [1.165, 1.54) is 6.42 Å². The summed E-state index contributed by atoms with van der Waals surface area (Å²) in [5.41, 5.74) is 2.81. The highest BCUT2D eigenvalue weighted by Crippen LogP contribution is 2.35. The number of carboxylic acids is 1. The fourth-order valence-electron chi connectivity index (χ4n) is 4.88. The standard InChI is InChI=1S/C27H28BrCl2N3O3/c1-16-24(19-14-18(28)9-10-22(19)32-26(16)33-12-3-2-4-13-33)27(36)31-15-17(8-11-23(34)35)25-20(29)6-5-7-21(25)30/h5-7,9-10,14,17H,2-4,8,11-13,15H2,1H3,(H,31,36)(H,34,35). The molecule has 1 aliphatic heterocycles. The summed E-state index contributed by atoms with van der Waals surface area (Å²) in [6, 6.07) is 10.9. The average molecular weight is 593 g/mol. The Labute approximate surface area is 229 Å². The Morgan fingerprint density at radius 1 is 1.14 bits per heavy atom. The molecule has 2 aromatic carbocycles. The van der Waals surface area contributed by atoms with E-state index in [-0.39, 0.29) is 24.8 Å². The topological polar surface area (TPSA) is 82.5 Å². The van der Waals surface area contributed by atoms with Gasteiger partial charge in [0, 0.05) is 57.4 Å². The zero-order valence-electron chi connectivity index (χ0n) is 20.0. The summed E-state index contributed by atoms with van der Waals surface area (Å²) >= 11 is 16.4. The second-order valence-electron chi connectivity index (χ2n) is 9.12. The van der Waals surface area contributed by atoms with Crippen LogP contribution in [0.1, 0.15) is 59.5 Å². The number of aliphatic carboxylic acids is 1. The highest BCUT2D eigenvalue weighted by molar-refractivity contribution is 9.10. The fourth-order valence-corrected chi connectivity index (χ4v) is 5.94. The molecule has 0 radical (unpaired) electrons. The molecule has 9 heteroatoms. The van der Waals surface area contributed by atoms with Crippen LogP contribution in [0.15, 0.2) is 40.9 Å². The molecule has 1 amide bonds. The number of hydrogen-bond acceptors (Lipinski definition) is 4. The molecular weight excluding hydrogens is 565 g/mol. The van der Waals surface area contributed by atoms with Gasteiger partial charge in [0.15, 0.2) is 0 Å². The Morgan fingerprint density at radius 2 is 1.83 bits per heavy atom. The number of halogens is 3. The Balaban J connectivity index is 1.69. The maximum atomic E-state index is 13.7. The van der Waals surface area contributed by atoms with Crippen molar-refractivity contribution in [1.82, 2.24) is 10.3 Å². The number of aromatic nitrogens is 1. The molecule has 1 atom stereocenters. The molecule has 0 bridgehead atoms. The minimum absolute atomic E-state index is 0.0641. The third kappa shape index (κ3) is 5.96. The van der Waals surface area contributed by atoms with E-state index in [1.807, 2.05) is 25.1 Å². The second-order valence-corrected chi connectivity index (χ2v) is 10.8. The van der Waals surface area contributed by atoms with Gasteiger partial charge in [0.05, 0.1) is 11.1 Å². The molecule has 1 unspecified atom stereocenters. The van der Waals surface area contributed by atoms with Gasteiger partial charge in [-0.2, -0.15) is 0 Å². The zero-order valence-corrected chi connectivity index (χ0v) is 23.1. The second kappa shape index (κ2) is 11.8. The van der Waals surface area contributed by atoms with Crippen LogP contribution >= 0.6 is 39.1 Å². The van der Waals surface area contributed by atoms with Crippen molar-refractivity contribution in [2.45, 2.75) is 44.9 Å². The minimum atomic E-state index is -0.915. The monoisotopic (exact) mass is 591 g/mol. The minimum Gasteiger partial charge on any atom is -0.481 e. The molecule has 0 spiro atoms. The molecule has 1 saturated heterocycles. The highest BCUT2D eigenvalue weighted by Gasteiger charge is 2.25. The van der Waals surface area contributed by atoms with Crippen molar-refractivity contribution >= 4 is 67.7 Å². The van der Waals surface area contributed by atoms with Crippen LogP contribution in [-0.4, -0.2) is 41.6 Å². The quantitative estimate of drug-likeness (QED) is 0.295. The molecule has 0 saturated carbocycles. The lowest BCUT2D eigenvalue weighted by Crippen LogP contribution is -2.33. The van der Waals surface area contributed by atoms with Gasteiger partial charge in [-0.05, 0) is 68.5 Å². The molecule has 1 aliphatic rings. The van der Waals surface area contributed by atoms with Gasteiger partial charge >= 0.3 is 5.97 Å². The van der Waals surface area contributed by atoms with Crippen molar-refractivity contribution < 1.29 is 14.7 Å². The number of nitrogens with one attached hydrogen (secondary N) is 1. The zero-order chi connectivity index (χ0) is 25.8. The van der Waals surface area contributed by atoms with Crippen molar-refractivity contribution in [3.63, 3.8) is 0 Å². The van der Waals surface area contributed by atoms with Gasteiger partial charge in [0.1, 0.15) is 5.82 Å². The molecule has 1 fully saturated rings. The summed E-state index contributed by atoms with van der Waals surface area (Å²) < 4.78 is 0.859. The number of benzene rings is 2. The van der Waals surface area contributed by atoms with Crippen LogP contribution in [0.25, 0.3) is 10.9 Å². The number of fused-ring (bicyclic) bond motifs is 1. The number of rotatable bonds is 8. The van der Waals surface area contributed by atoms with Crippen LogP contribution in [0.4, 0.5) is 5.82 Å². The first-order valence-electron chi connectivity index (χ1n) is 12.0. The number of carbonyl (C=O) groups is 2. The van der Waals surface area contributed by atoms with Gasteiger partial charge in [-0.1, -0.05) is 45.2 Å². The number of pyridine rings is 1. The smallest absolute Gasteiger partial charge is 0.303 e. The number of nitrogens with zero attached hydrogens (tertiary/aromatic N) is 2. The predicted octanol–water partition coefficient (Wildman–Crippen LogP) is 6.98. The first kappa shape index (κ1) is 26.7. The summed E-state index contributed by atoms with van der Waals surface area (Å²) in [7, 11) is 0. The van der Waals surface area contributed by atoms with Crippen molar-refractivity contribution in [3.05, 3.63) is 67.6 Å². The number of carboxylic acid groups (broad SMARTS) is 1. The molecule has 6 nitrogen and oxygen atoms in total. The Kier molecular flexibility index (Phi) is 8.75. The van der Waals surface area contributed by atoms with Crippen molar-refractivity contribution in [2.75, 3.05) is 24.5 Å². The first-order valence-corrected chi connectivity index (χ1v) is 13.6. The summed E-state index contributed by atoms with van der Waals surface area (Å²) in [6.07, 6.45) is 3.63. The third-order valence-electron chi connectivity index (χ3n) is 6.67. The van der Waals surface area contributed by atoms with Gasteiger partial charge in [-0.3, -0.25) is 9.59 Å². The van der Waals surface area contributed by atoms with Crippen LogP contribution in [0.3, 0.4) is 0 Å². The van der Waals surface area contributed by atoms with Gasteiger partial charge in [-0.25, -0.2) is 4.98 Å². The number of hydrogen-bond donors (Lipinski definition) is 2. The SMILES string of the molecule is Cc1c(N2CCCCC2)nc2ccc(Br)cc2c1C(=O)NCC(CCC(=O)O)c1c(Cl)cccc1Cl. The summed E-state index contributed by atoms with van der Waals surface area (Å²) in [5, 5.41) is 14.0. The van der Waals surface area contributed by atoms with Crippen molar-refractivity contribution in [2.24, 2.45) is 0 Å². The molecule has 190 valence electrons. The Bertz CT molecular complexity index is 1270. The molecule has 4 rings (SSSR count). The molecular formula is C27H28BrCl2N3O3. The van der Waals surface area contributed by atoms with E-state index in [2.05, 4.69) is 26.1 Å². The summed E-state index contributed by atoms with van der Waals surface area (Å²) in [5.74, 6) is -0.666. The van der Waals surface area contributed by atoms with Gasteiger partial charge in [0.2, 0.25) is 0 Å². The molecule has 1 aromatic heterocycles. The van der Waals surface area contributed by atoms with E-state index in [1.54, 1.807) is 18.2 Å². The number of anilines is 1. The largest absolute Gasteiger partial charge is 0.481 e. The lowest BCUT2D eigenvalue weighted by atomic mass is 9.93. The molecule has 0 aliphatic carbocycles. The lowest BCUT2D eigenvalue weighted by molar-refractivity contribution is -0.137. The normalized spacial score (nSPS) is 14.6. The maximum absolute atomic E-state index is 13.7. The molecule has 36 heavy (non-hydrogen) atoms. The first-order chi connectivity index (χ1) is 17.3. The number of carbonyl (C=O) groups excluding carboxylic acids is 1. The van der Waals surface area contributed by atoms with Crippen molar-refractivity contribution in [3.8, 4) is 0 Å². The number of amides is 1. The average Bonchev–Trinajstić information content (AvgIpc) is 2.85. The van der Waals surface area contributed by atoms with E-state index in [9.17, 15) is 14.7 Å². The van der Waals surface area contributed by atoms with E-state index >= 15 is 0 Å². The summed E-state index contributed by atoms with van der Waals surface area (Å²) in [4.78, 5) is 32.2. The van der Waals surface area contributed by atoms with Gasteiger partial charge < -0.3 is 15.3 Å². The van der Waals surface area contributed by atoms with E-state index < -0.39 is 5.97 Å². The van der Waals surface area contributed by atoms with Crippen molar-refractivity contribution in [1.29, 1.82) is 0 Å². The molecule has 2 heterocycles. The van der Waals surface area contributed by atoms with Crippen LogP contribution in [-0.2, 0) is 4.79 Å². The van der Waals surface area contributed by atoms with E-state index in [0.29, 0.717) is 27.6 Å². The van der Waals surface area contributed by atoms with E-state index in [4.69, 9.17) is 28.2 Å². The maximum Gasteiger partial charge on any atom is 0.303 e. The number of piperidine rings is 1. The third-order valence-corrected chi connectivity index (χ3v) is 7.82.